The lowest BCUT2D eigenvalue weighted by molar-refractivity contribution is -0.134. The van der Waals surface area contributed by atoms with Crippen LogP contribution in [0.15, 0.2) is 0 Å². The summed E-state index contributed by atoms with van der Waals surface area (Å²) >= 11 is 0. The Bertz CT molecular complexity index is 253. The van der Waals surface area contributed by atoms with Crippen molar-refractivity contribution in [2.45, 2.75) is 51.4 Å². The highest BCUT2D eigenvalue weighted by Gasteiger charge is 2.25. The van der Waals surface area contributed by atoms with Crippen molar-refractivity contribution in [3.8, 4) is 0 Å². The number of methoxy groups -OCH3 is 1. The zero-order valence-electron chi connectivity index (χ0n) is 11.7. The number of nitrogens with zero attached hydrogens (tertiary/aromatic N) is 1. The minimum atomic E-state index is 0.401. The first-order chi connectivity index (χ1) is 8.79. The first-order valence-corrected chi connectivity index (χ1v) is 7.56. The Labute approximate surface area is 111 Å². The quantitative estimate of drug-likeness (QED) is 0.771. The van der Waals surface area contributed by atoms with Crippen molar-refractivity contribution in [1.82, 2.24) is 4.90 Å². The van der Waals surface area contributed by atoms with E-state index in [2.05, 4.69) is 4.90 Å². The lowest BCUT2D eigenvalue weighted by atomic mass is 9.86. The minimum Gasteiger partial charge on any atom is -0.384 e. The highest BCUT2D eigenvalue weighted by Crippen LogP contribution is 2.27. The smallest absolute Gasteiger partial charge is 0.222 e. The number of hydrogen-bond donors (Lipinski definition) is 0. The van der Waals surface area contributed by atoms with Gasteiger partial charge < -0.3 is 9.64 Å². The molecule has 2 aliphatic rings. The van der Waals surface area contributed by atoms with E-state index in [1.807, 2.05) is 0 Å². The molecule has 1 amide bonds. The van der Waals surface area contributed by atoms with Gasteiger partial charge in [-0.15, -0.1) is 0 Å². The van der Waals surface area contributed by atoms with Crippen molar-refractivity contribution >= 4 is 5.91 Å². The third-order valence-electron chi connectivity index (χ3n) is 4.56. The van der Waals surface area contributed by atoms with E-state index in [1.54, 1.807) is 7.11 Å². The molecule has 0 N–H and O–H groups in total. The molecule has 3 heteroatoms. The molecule has 3 nitrogen and oxygen atoms in total. The van der Waals surface area contributed by atoms with Crippen molar-refractivity contribution in [2.75, 3.05) is 26.8 Å². The van der Waals surface area contributed by atoms with Crippen LogP contribution in [0.2, 0.25) is 0 Å². The van der Waals surface area contributed by atoms with E-state index in [4.69, 9.17) is 4.74 Å². The molecule has 0 aromatic rings. The Balaban J connectivity index is 1.70. The van der Waals surface area contributed by atoms with Crippen LogP contribution in [0.3, 0.4) is 0 Å². The van der Waals surface area contributed by atoms with Crippen LogP contribution in [0.4, 0.5) is 0 Å². The van der Waals surface area contributed by atoms with Gasteiger partial charge >= 0.3 is 0 Å². The van der Waals surface area contributed by atoms with Crippen molar-refractivity contribution in [1.29, 1.82) is 0 Å². The molecule has 1 saturated heterocycles. The maximum atomic E-state index is 12.2. The van der Waals surface area contributed by atoms with Gasteiger partial charge in [-0.2, -0.15) is 0 Å². The van der Waals surface area contributed by atoms with Crippen LogP contribution in [0.25, 0.3) is 0 Å². The van der Waals surface area contributed by atoms with Gasteiger partial charge in [0.25, 0.3) is 0 Å². The summed E-state index contributed by atoms with van der Waals surface area (Å²) in [5.74, 6) is 1.73. The average Bonchev–Trinajstić information content (AvgIpc) is 2.41. The predicted octanol–water partition coefficient (Wildman–Crippen LogP) is 2.84. The SMILES string of the molecule is COCC1CCN(C(=O)CC2CCCCC2)CC1. The molecule has 0 atom stereocenters. The van der Waals surface area contributed by atoms with Gasteiger partial charge in [0.05, 0.1) is 0 Å². The zero-order valence-corrected chi connectivity index (χ0v) is 11.7. The van der Waals surface area contributed by atoms with Crippen LogP contribution >= 0.6 is 0 Å². The Morgan fingerprint density at radius 3 is 2.33 bits per heavy atom. The van der Waals surface area contributed by atoms with E-state index in [0.717, 1.165) is 39.0 Å². The maximum Gasteiger partial charge on any atom is 0.222 e. The number of ether oxygens (including phenoxy) is 1. The van der Waals surface area contributed by atoms with Crippen LogP contribution in [-0.2, 0) is 9.53 Å². The number of amides is 1. The Kier molecular flexibility index (Phi) is 5.48. The Morgan fingerprint density at radius 2 is 1.72 bits per heavy atom. The molecule has 1 aliphatic carbocycles. The summed E-state index contributed by atoms with van der Waals surface area (Å²) in [5.41, 5.74) is 0. The average molecular weight is 253 g/mol. The molecule has 0 bridgehead atoms. The third-order valence-corrected chi connectivity index (χ3v) is 4.56. The summed E-state index contributed by atoms with van der Waals surface area (Å²) in [5, 5.41) is 0. The topological polar surface area (TPSA) is 29.5 Å². The first-order valence-electron chi connectivity index (χ1n) is 7.56. The summed E-state index contributed by atoms with van der Waals surface area (Å²) in [7, 11) is 1.76. The number of likely N-dealkylation sites (tertiary alicyclic amines) is 1. The second-order valence-corrected chi connectivity index (χ2v) is 5.99. The minimum absolute atomic E-state index is 0.401. The molecule has 0 unspecified atom stereocenters. The fourth-order valence-corrected chi connectivity index (χ4v) is 3.35. The van der Waals surface area contributed by atoms with Crippen LogP contribution in [0.5, 0.6) is 0 Å². The highest BCUT2D eigenvalue weighted by atomic mass is 16.5. The number of rotatable bonds is 4. The van der Waals surface area contributed by atoms with Crippen LogP contribution in [0.1, 0.15) is 51.4 Å². The van der Waals surface area contributed by atoms with E-state index >= 15 is 0 Å². The largest absolute Gasteiger partial charge is 0.384 e. The van der Waals surface area contributed by atoms with Crippen molar-refractivity contribution in [3.05, 3.63) is 0 Å². The summed E-state index contributed by atoms with van der Waals surface area (Å²) in [6.07, 6.45) is 9.59. The number of piperidine rings is 1. The molecule has 0 aromatic carbocycles. The van der Waals surface area contributed by atoms with Crippen molar-refractivity contribution < 1.29 is 9.53 Å². The molecule has 0 aromatic heterocycles. The fraction of sp³-hybridized carbons (Fsp3) is 0.933. The molecule has 104 valence electrons. The van der Waals surface area contributed by atoms with E-state index in [-0.39, 0.29) is 0 Å². The number of carbonyl (C=O) groups is 1. The van der Waals surface area contributed by atoms with Gasteiger partial charge in [-0.1, -0.05) is 19.3 Å². The van der Waals surface area contributed by atoms with E-state index in [0.29, 0.717) is 17.7 Å². The van der Waals surface area contributed by atoms with E-state index < -0.39 is 0 Å². The van der Waals surface area contributed by atoms with Crippen LogP contribution in [0, 0.1) is 11.8 Å². The lowest BCUT2D eigenvalue weighted by Gasteiger charge is -2.33. The summed E-state index contributed by atoms with van der Waals surface area (Å²) in [6.45, 7) is 2.74. The lowest BCUT2D eigenvalue weighted by Crippen LogP contribution is -2.40. The van der Waals surface area contributed by atoms with Gasteiger partial charge in [0.15, 0.2) is 0 Å². The monoisotopic (exact) mass is 253 g/mol. The van der Waals surface area contributed by atoms with E-state index in [1.165, 1.54) is 32.1 Å². The highest BCUT2D eigenvalue weighted by molar-refractivity contribution is 5.76. The standard InChI is InChI=1S/C15H27NO2/c1-18-12-14-7-9-16(10-8-14)15(17)11-13-5-3-2-4-6-13/h13-14H,2-12H2,1H3. The summed E-state index contributed by atoms with van der Waals surface area (Å²) in [6, 6.07) is 0. The predicted molar refractivity (Wildman–Crippen MR) is 72.4 cm³/mol. The van der Waals surface area contributed by atoms with Crippen molar-refractivity contribution in [2.24, 2.45) is 11.8 Å². The normalized spacial score (nSPS) is 23.3. The molecule has 2 fully saturated rings. The summed E-state index contributed by atoms with van der Waals surface area (Å²) in [4.78, 5) is 14.3. The van der Waals surface area contributed by atoms with Gasteiger partial charge in [0.2, 0.25) is 5.91 Å². The fourth-order valence-electron chi connectivity index (χ4n) is 3.35. The van der Waals surface area contributed by atoms with E-state index in [9.17, 15) is 4.79 Å². The van der Waals surface area contributed by atoms with Crippen LogP contribution < -0.4 is 0 Å². The third kappa shape index (κ3) is 3.98. The first kappa shape index (κ1) is 13.9. The van der Waals surface area contributed by atoms with Gasteiger partial charge in [-0.05, 0) is 37.5 Å². The van der Waals surface area contributed by atoms with Gasteiger partial charge in [0.1, 0.15) is 0 Å². The molecule has 1 heterocycles. The second-order valence-electron chi connectivity index (χ2n) is 5.99. The molecule has 1 saturated carbocycles. The number of carbonyl (C=O) groups excluding carboxylic acids is 1. The zero-order chi connectivity index (χ0) is 12.8. The summed E-state index contributed by atoms with van der Waals surface area (Å²) < 4.78 is 5.20. The Hall–Kier alpha value is -0.570. The second kappa shape index (κ2) is 7.13. The molecule has 2 rings (SSSR count). The van der Waals surface area contributed by atoms with Gasteiger partial charge in [0, 0.05) is 33.2 Å². The molecular weight excluding hydrogens is 226 g/mol. The van der Waals surface area contributed by atoms with Crippen LogP contribution in [-0.4, -0.2) is 37.6 Å². The Morgan fingerprint density at radius 1 is 1.06 bits per heavy atom. The van der Waals surface area contributed by atoms with Gasteiger partial charge in [-0.25, -0.2) is 0 Å². The van der Waals surface area contributed by atoms with Gasteiger partial charge in [-0.3, -0.25) is 4.79 Å². The van der Waals surface area contributed by atoms with Crippen molar-refractivity contribution in [3.63, 3.8) is 0 Å². The molecule has 0 spiro atoms. The number of hydrogen-bond acceptors (Lipinski definition) is 2. The molecule has 0 radical (unpaired) electrons. The molecular formula is C15H27NO2. The molecule has 1 aliphatic heterocycles. The maximum absolute atomic E-state index is 12.2. The molecule has 18 heavy (non-hydrogen) atoms.